The molecule has 24 heavy (non-hydrogen) atoms. The Bertz CT molecular complexity index is 587. The Labute approximate surface area is 143 Å². The van der Waals surface area contributed by atoms with E-state index in [1.807, 2.05) is 60.7 Å². The molecule has 128 valence electrons. The van der Waals surface area contributed by atoms with Gasteiger partial charge in [0.2, 0.25) is 0 Å². The van der Waals surface area contributed by atoms with Crippen molar-refractivity contribution in [3.05, 3.63) is 71.8 Å². The van der Waals surface area contributed by atoms with Gasteiger partial charge in [-0.3, -0.25) is 0 Å². The number of benzene rings is 2. The molecule has 1 heterocycles. The van der Waals surface area contributed by atoms with Crippen LogP contribution in [-0.2, 0) is 27.4 Å². The lowest BCUT2D eigenvalue weighted by Gasteiger charge is -2.37. The minimum absolute atomic E-state index is 0.0648. The molecule has 4 nitrogen and oxygen atoms in total. The normalized spacial score (nSPS) is 24.0. The summed E-state index contributed by atoms with van der Waals surface area (Å²) in [6.07, 6.45) is 0.0683. The van der Waals surface area contributed by atoms with Crippen LogP contribution in [0.4, 0.5) is 0 Å². The lowest BCUT2D eigenvalue weighted by Crippen LogP contribution is -2.49. The molecule has 3 rings (SSSR count). The minimum atomic E-state index is -0.344. The van der Waals surface area contributed by atoms with Gasteiger partial charge in [-0.1, -0.05) is 60.7 Å². The molecule has 0 aromatic heterocycles. The summed E-state index contributed by atoms with van der Waals surface area (Å²) >= 11 is 0. The van der Waals surface area contributed by atoms with Crippen LogP contribution >= 0.6 is 0 Å². The SMILES string of the molecule is OCC1OCCC(OCc2ccccc2)C1OCc1ccccc1. The van der Waals surface area contributed by atoms with E-state index in [4.69, 9.17) is 14.2 Å². The van der Waals surface area contributed by atoms with Crippen LogP contribution in [0.3, 0.4) is 0 Å². The quantitative estimate of drug-likeness (QED) is 0.849. The number of aliphatic hydroxyl groups is 1. The molecule has 0 aliphatic carbocycles. The fourth-order valence-corrected chi connectivity index (χ4v) is 2.93. The maximum atomic E-state index is 9.60. The van der Waals surface area contributed by atoms with E-state index in [1.54, 1.807) is 0 Å². The Hall–Kier alpha value is -1.72. The van der Waals surface area contributed by atoms with E-state index in [2.05, 4.69) is 0 Å². The van der Waals surface area contributed by atoms with Gasteiger partial charge >= 0.3 is 0 Å². The van der Waals surface area contributed by atoms with Crippen molar-refractivity contribution in [3.63, 3.8) is 0 Å². The number of aliphatic hydroxyl groups excluding tert-OH is 1. The third-order valence-corrected chi connectivity index (χ3v) is 4.24. The van der Waals surface area contributed by atoms with Gasteiger partial charge in [0.1, 0.15) is 12.2 Å². The number of hydrogen-bond donors (Lipinski definition) is 1. The summed E-state index contributed by atoms with van der Waals surface area (Å²) in [5.41, 5.74) is 2.23. The van der Waals surface area contributed by atoms with Gasteiger partial charge in [0, 0.05) is 6.61 Å². The van der Waals surface area contributed by atoms with Gasteiger partial charge in [-0.15, -0.1) is 0 Å². The highest BCUT2D eigenvalue weighted by molar-refractivity contribution is 5.14. The first kappa shape index (κ1) is 17.1. The standard InChI is InChI=1S/C20H24O4/c21-13-19-20(24-15-17-9-5-2-6-10-17)18(11-12-22-19)23-14-16-7-3-1-4-8-16/h1-10,18-21H,11-15H2. The molecule has 3 atom stereocenters. The minimum Gasteiger partial charge on any atom is -0.394 e. The van der Waals surface area contributed by atoms with Crippen LogP contribution in [0.2, 0.25) is 0 Å². The average Bonchev–Trinajstić information content (AvgIpc) is 2.66. The Kier molecular flexibility index (Phi) is 6.38. The van der Waals surface area contributed by atoms with Crippen LogP contribution in [0, 0.1) is 0 Å². The van der Waals surface area contributed by atoms with E-state index in [0.29, 0.717) is 19.8 Å². The van der Waals surface area contributed by atoms with E-state index >= 15 is 0 Å². The molecule has 1 aliphatic heterocycles. The van der Waals surface area contributed by atoms with Gasteiger partial charge in [-0.05, 0) is 17.5 Å². The summed E-state index contributed by atoms with van der Waals surface area (Å²) < 4.78 is 17.8. The van der Waals surface area contributed by atoms with Crippen LogP contribution in [0.1, 0.15) is 17.5 Å². The summed E-state index contributed by atoms with van der Waals surface area (Å²) in [5.74, 6) is 0. The number of rotatable bonds is 7. The Morgan fingerprint density at radius 3 is 2.04 bits per heavy atom. The van der Waals surface area contributed by atoms with Crippen LogP contribution in [0.15, 0.2) is 60.7 Å². The van der Waals surface area contributed by atoms with Crippen LogP contribution in [0.25, 0.3) is 0 Å². The second-order valence-electron chi connectivity index (χ2n) is 5.98. The van der Waals surface area contributed by atoms with Crippen molar-refractivity contribution in [2.24, 2.45) is 0 Å². The molecule has 0 spiro atoms. The van der Waals surface area contributed by atoms with Crippen molar-refractivity contribution < 1.29 is 19.3 Å². The Balaban J connectivity index is 1.61. The van der Waals surface area contributed by atoms with Crippen molar-refractivity contribution in [2.75, 3.05) is 13.2 Å². The van der Waals surface area contributed by atoms with Gasteiger partial charge in [0.25, 0.3) is 0 Å². The maximum absolute atomic E-state index is 9.60. The summed E-state index contributed by atoms with van der Waals surface area (Å²) in [7, 11) is 0. The zero-order valence-corrected chi connectivity index (χ0v) is 13.7. The number of hydrogen-bond acceptors (Lipinski definition) is 4. The predicted molar refractivity (Wildman–Crippen MR) is 91.5 cm³/mol. The maximum Gasteiger partial charge on any atom is 0.113 e. The van der Waals surface area contributed by atoms with Gasteiger partial charge < -0.3 is 19.3 Å². The van der Waals surface area contributed by atoms with E-state index in [9.17, 15) is 5.11 Å². The largest absolute Gasteiger partial charge is 0.394 e. The molecular formula is C20H24O4. The lowest BCUT2D eigenvalue weighted by molar-refractivity contribution is -0.192. The highest BCUT2D eigenvalue weighted by atomic mass is 16.6. The van der Waals surface area contributed by atoms with E-state index < -0.39 is 0 Å². The first-order chi connectivity index (χ1) is 11.9. The van der Waals surface area contributed by atoms with Crippen molar-refractivity contribution in [1.82, 2.24) is 0 Å². The summed E-state index contributed by atoms with van der Waals surface area (Å²) in [6.45, 7) is 1.53. The summed E-state index contributed by atoms with van der Waals surface area (Å²) in [6, 6.07) is 20.1. The zero-order chi connectivity index (χ0) is 16.6. The van der Waals surface area contributed by atoms with E-state index in [1.165, 1.54) is 0 Å². The van der Waals surface area contributed by atoms with E-state index in [-0.39, 0.29) is 24.9 Å². The fraction of sp³-hybridized carbons (Fsp3) is 0.400. The third kappa shape index (κ3) is 4.65. The van der Waals surface area contributed by atoms with Gasteiger partial charge in [0.15, 0.2) is 0 Å². The van der Waals surface area contributed by atoms with Crippen LogP contribution < -0.4 is 0 Å². The molecule has 1 saturated heterocycles. The Morgan fingerprint density at radius 2 is 1.46 bits per heavy atom. The predicted octanol–water partition coefficient (Wildman–Crippen LogP) is 2.94. The van der Waals surface area contributed by atoms with Crippen LogP contribution in [-0.4, -0.2) is 36.6 Å². The molecule has 2 aromatic carbocycles. The van der Waals surface area contributed by atoms with Crippen LogP contribution in [0.5, 0.6) is 0 Å². The first-order valence-electron chi connectivity index (χ1n) is 8.40. The number of ether oxygens (including phenoxy) is 3. The second kappa shape index (κ2) is 8.94. The molecular weight excluding hydrogens is 304 g/mol. The highest BCUT2D eigenvalue weighted by Gasteiger charge is 2.35. The molecule has 1 N–H and O–H groups in total. The molecule has 0 saturated carbocycles. The molecule has 4 heteroatoms. The van der Waals surface area contributed by atoms with Gasteiger partial charge in [0.05, 0.1) is 25.9 Å². The molecule has 0 amide bonds. The average molecular weight is 328 g/mol. The van der Waals surface area contributed by atoms with Crippen molar-refractivity contribution in [1.29, 1.82) is 0 Å². The Morgan fingerprint density at radius 1 is 0.875 bits per heavy atom. The van der Waals surface area contributed by atoms with Crippen molar-refractivity contribution >= 4 is 0 Å². The third-order valence-electron chi connectivity index (χ3n) is 4.24. The smallest absolute Gasteiger partial charge is 0.113 e. The highest BCUT2D eigenvalue weighted by Crippen LogP contribution is 2.23. The second-order valence-corrected chi connectivity index (χ2v) is 5.98. The molecule has 1 fully saturated rings. The van der Waals surface area contributed by atoms with Gasteiger partial charge in [-0.2, -0.15) is 0 Å². The molecule has 2 aromatic rings. The first-order valence-corrected chi connectivity index (χ1v) is 8.40. The van der Waals surface area contributed by atoms with E-state index in [0.717, 1.165) is 17.5 Å². The summed E-state index contributed by atoms with van der Waals surface area (Å²) in [5, 5.41) is 9.60. The zero-order valence-electron chi connectivity index (χ0n) is 13.7. The van der Waals surface area contributed by atoms with Crippen molar-refractivity contribution in [3.8, 4) is 0 Å². The monoisotopic (exact) mass is 328 g/mol. The summed E-state index contributed by atoms with van der Waals surface area (Å²) in [4.78, 5) is 0. The topological polar surface area (TPSA) is 47.9 Å². The lowest BCUT2D eigenvalue weighted by atomic mass is 10.0. The molecule has 1 aliphatic rings. The molecule has 3 unspecified atom stereocenters. The van der Waals surface area contributed by atoms with Gasteiger partial charge in [-0.25, -0.2) is 0 Å². The van der Waals surface area contributed by atoms with Crippen molar-refractivity contribution in [2.45, 2.75) is 37.9 Å². The molecule has 0 bridgehead atoms. The molecule has 0 radical (unpaired) electrons. The fourth-order valence-electron chi connectivity index (χ4n) is 2.93.